The Morgan fingerprint density at radius 3 is 3.00 bits per heavy atom. The number of fused-ring (bicyclic) bond motifs is 2. The maximum atomic E-state index is 13.4. The molecule has 4 rings (SSSR count). The molecule has 1 aromatic carbocycles. The lowest BCUT2D eigenvalue weighted by Crippen LogP contribution is -2.11. The summed E-state index contributed by atoms with van der Waals surface area (Å²) in [4.78, 5) is 13.8. The van der Waals surface area contributed by atoms with E-state index in [2.05, 4.69) is 27.9 Å². The summed E-state index contributed by atoms with van der Waals surface area (Å²) in [6.45, 7) is 2.20. The van der Waals surface area contributed by atoms with Gasteiger partial charge in [-0.25, -0.2) is 4.98 Å². The molecule has 1 aliphatic rings. The first kappa shape index (κ1) is 17.7. The topological polar surface area (TPSA) is 58.6 Å². The second kappa shape index (κ2) is 7.92. The van der Waals surface area contributed by atoms with Gasteiger partial charge in [-0.2, -0.15) is 0 Å². The summed E-state index contributed by atoms with van der Waals surface area (Å²) >= 11 is 1.90. The number of benzene rings is 1. The molecule has 3 aromatic rings. The first-order valence-electron chi connectivity index (χ1n) is 9.24. The van der Waals surface area contributed by atoms with Gasteiger partial charge in [0.05, 0.1) is 32.8 Å². The molecule has 0 amide bonds. The minimum absolute atomic E-state index is 0.0877. The fourth-order valence-corrected chi connectivity index (χ4v) is 5.92. The van der Waals surface area contributed by atoms with Gasteiger partial charge < -0.3 is 4.98 Å². The third kappa shape index (κ3) is 3.45. The van der Waals surface area contributed by atoms with Crippen LogP contribution in [-0.2, 0) is 17.2 Å². The number of aromatic amines is 1. The van der Waals surface area contributed by atoms with Gasteiger partial charge in [-0.3, -0.25) is 9.19 Å². The van der Waals surface area contributed by atoms with Crippen molar-refractivity contribution in [3.8, 4) is 0 Å². The molecule has 0 radical (unpaired) electrons. The predicted octanol–water partition coefficient (Wildman–Crippen LogP) is 5.04. The monoisotopic (exact) mass is 385 g/mol. The van der Waals surface area contributed by atoms with Crippen molar-refractivity contribution in [2.75, 3.05) is 5.75 Å². The minimum Gasteiger partial charge on any atom is -0.331 e. The summed E-state index contributed by atoms with van der Waals surface area (Å²) in [6.07, 6.45) is 7.16. The molecule has 2 atom stereocenters. The van der Waals surface area contributed by atoms with Crippen molar-refractivity contribution in [1.29, 1.82) is 0 Å². The highest BCUT2D eigenvalue weighted by molar-refractivity contribution is 7.99. The fourth-order valence-electron chi connectivity index (χ4n) is 3.50. The van der Waals surface area contributed by atoms with Crippen LogP contribution in [0.15, 0.2) is 46.6 Å². The largest absolute Gasteiger partial charge is 0.331 e. The third-order valence-electron chi connectivity index (χ3n) is 4.77. The molecule has 0 fully saturated rings. The van der Waals surface area contributed by atoms with Gasteiger partial charge in [0.1, 0.15) is 0 Å². The predicted molar refractivity (Wildman–Crippen MR) is 108 cm³/mol. The second-order valence-corrected chi connectivity index (χ2v) is 9.30. The first-order chi connectivity index (χ1) is 12.8. The van der Waals surface area contributed by atoms with Crippen LogP contribution in [0.3, 0.4) is 0 Å². The van der Waals surface area contributed by atoms with E-state index in [0.717, 1.165) is 54.6 Å². The van der Waals surface area contributed by atoms with E-state index in [4.69, 9.17) is 0 Å². The van der Waals surface area contributed by atoms with Gasteiger partial charge in [-0.15, -0.1) is 11.8 Å². The zero-order valence-corrected chi connectivity index (χ0v) is 16.5. The molecule has 0 bridgehead atoms. The van der Waals surface area contributed by atoms with Crippen LogP contribution < -0.4 is 0 Å². The standard InChI is InChI=1S/C20H23N3OS2/c1-2-13-25-17-11-12-21-19-14(17)7-3-6-10-18(19)26(24)20-22-15-8-4-5-9-16(15)23-20/h4-5,8-9,11-12,18H,2-3,6-7,10,13H2,1H3,(H,22,23)/t18-,26-/m0/s1. The Bertz CT molecular complexity index is 905. The highest BCUT2D eigenvalue weighted by Crippen LogP contribution is 2.38. The van der Waals surface area contributed by atoms with Crippen molar-refractivity contribution in [2.45, 2.75) is 54.3 Å². The van der Waals surface area contributed by atoms with E-state index in [9.17, 15) is 4.21 Å². The molecule has 0 unspecified atom stereocenters. The minimum atomic E-state index is -1.23. The van der Waals surface area contributed by atoms with Gasteiger partial charge in [0.25, 0.3) is 0 Å². The number of pyridine rings is 1. The lowest BCUT2D eigenvalue weighted by molar-refractivity contribution is 0.642. The third-order valence-corrected chi connectivity index (χ3v) is 7.63. The molecule has 4 nitrogen and oxygen atoms in total. The average molecular weight is 386 g/mol. The summed E-state index contributed by atoms with van der Waals surface area (Å²) in [6, 6.07) is 9.96. The van der Waals surface area contributed by atoms with E-state index < -0.39 is 10.8 Å². The smallest absolute Gasteiger partial charge is 0.198 e. The van der Waals surface area contributed by atoms with Crippen LogP contribution in [0.2, 0.25) is 0 Å². The van der Waals surface area contributed by atoms with E-state index in [0.29, 0.717) is 5.16 Å². The van der Waals surface area contributed by atoms with Crippen molar-refractivity contribution in [2.24, 2.45) is 0 Å². The number of hydrogen-bond acceptors (Lipinski definition) is 4. The summed E-state index contributed by atoms with van der Waals surface area (Å²) in [7, 11) is -1.23. The molecular weight excluding hydrogens is 362 g/mol. The highest BCUT2D eigenvalue weighted by atomic mass is 32.2. The molecular formula is C20H23N3OS2. The SMILES string of the molecule is CCCSc1ccnc2c1CCCC[C@@H]2[S@](=O)c1nc2ccccc2[nH]1. The number of rotatable bonds is 5. The summed E-state index contributed by atoms with van der Waals surface area (Å²) in [5.41, 5.74) is 4.12. The number of H-pyrrole nitrogens is 1. The first-order valence-corrected chi connectivity index (χ1v) is 11.4. The zero-order chi connectivity index (χ0) is 17.9. The maximum absolute atomic E-state index is 13.4. The zero-order valence-electron chi connectivity index (χ0n) is 14.9. The van der Waals surface area contributed by atoms with Crippen LogP contribution in [0.4, 0.5) is 0 Å². The molecule has 1 aliphatic carbocycles. The molecule has 136 valence electrons. The molecule has 6 heteroatoms. The molecule has 0 saturated carbocycles. The van der Waals surface area contributed by atoms with Gasteiger partial charge in [-0.05, 0) is 55.2 Å². The lowest BCUT2D eigenvalue weighted by atomic mass is 10.1. The highest BCUT2D eigenvalue weighted by Gasteiger charge is 2.29. The van der Waals surface area contributed by atoms with Crippen molar-refractivity contribution in [3.05, 3.63) is 47.8 Å². The van der Waals surface area contributed by atoms with E-state index in [1.807, 2.05) is 42.2 Å². The normalized spacial score (nSPS) is 18.4. The number of nitrogens with zero attached hydrogens (tertiary/aromatic N) is 2. The molecule has 0 aliphatic heterocycles. The number of aromatic nitrogens is 3. The van der Waals surface area contributed by atoms with Crippen molar-refractivity contribution in [3.63, 3.8) is 0 Å². The van der Waals surface area contributed by atoms with Crippen molar-refractivity contribution in [1.82, 2.24) is 15.0 Å². The van der Waals surface area contributed by atoms with E-state index >= 15 is 0 Å². The van der Waals surface area contributed by atoms with Gasteiger partial charge >= 0.3 is 0 Å². The summed E-state index contributed by atoms with van der Waals surface area (Å²) in [5.74, 6) is 1.10. The molecule has 0 saturated heterocycles. The van der Waals surface area contributed by atoms with Crippen LogP contribution in [-0.4, -0.2) is 24.9 Å². The van der Waals surface area contributed by atoms with E-state index in [1.54, 1.807) is 0 Å². The Balaban J connectivity index is 1.71. The van der Waals surface area contributed by atoms with Crippen LogP contribution >= 0.6 is 11.8 Å². The van der Waals surface area contributed by atoms with Crippen LogP contribution in [0, 0.1) is 0 Å². The summed E-state index contributed by atoms with van der Waals surface area (Å²) in [5, 5.41) is 0.479. The van der Waals surface area contributed by atoms with Gasteiger partial charge in [-0.1, -0.05) is 25.5 Å². The average Bonchev–Trinajstić information content (AvgIpc) is 2.99. The summed E-state index contributed by atoms with van der Waals surface area (Å²) < 4.78 is 13.4. The number of nitrogens with one attached hydrogen (secondary N) is 1. The number of para-hydroxylation sites is 2. The molecule has 26 heavy (non-hydrogen) atoms. The van der Waals surface area contributed by atoms with Gasteiger partial charge in [0.2, 0.25) is 0 Å². The van der Waals surface area contributed by atoms with E-state index in [1.165, 1.54) is 10.5 Å². The molecule has 2 heterocycles. The van der Waals surface area contributed by atoms with E-state index in [-0.39, 0.29) is 5.25 Å². The molecule has 1 N–H and O–H groups in total. The Morgan fingerprint density at radius 2 is 2.15 bits per heavy atom. The number of imidazole rings is 1. The Labute approximate surface area is 160 Å². The quantitative estimate of drug-likeness (QED) is 0.494. The van der Waals surface area contributed by atoms with Crippen molar-refractivity contribution < 1.29 is 4.21 Å². The van der Waals surface area contributed by atoms with Crippen LogP contribution in [0.25, 0.3) is 11.0 Å². The molecule has 0 spiro atoms. The Hall–Kier alpha value is -1.66. The second-order valence-electron chi connectivity index (χ2n) is 6.61. The molecule has 2 aromatic heterocycles. The fraction of sp³-hybridized carbons (Fsp3) is 0.400. The van der Waals surface area contributed by atoms with Crippen molar-refractivity contribution >= 4 is 33.6 Å². The van der Waals surface area contributed by atoms with Gasteiger partial charge in [0.15, 0.2) is 5.16 Å². The van der Waals surface area contributed by atoms with Crippen LogP contribution in [0.5, 0.6) is 0 Å². The Kier molecular flexibility index (Phi) is 5.41. The Morgan fingerprint density at radius 1 is 1.27 bits per heavy atom. The maximum Gasteiger partial charge on any atom is 0.198 e. The van der Waals surface area contributed by atoms with Crippen LogP contribution in [0.1, 0.15) is 49.1 Å². The van der Waals surface area contributed by atoms with Gasteiger partial charge in [0, 0.05) is 11.1 Å². The lowest BCUT2D eigenvalue weighted by Gasteiger charge is -2.17. The number of thioether (sulfide) groups is 1. The number of hydrogen-bond donors (Lipinski definition) is 1.